The number of carbonyl (C=O) groups is 3. The predicted octanol–water partition coefficient (Wildman–Crippen LogP) is 3.78. The highest BCUT2D eigenvalue weighted by atomic mass is 19.3. The van der Waals surface area contributed by atoms with E-state index in [4.69, 9.17) is 9.84 Å². The summed E-state index contributed by atoms with van der Waals surface area (Å²) in [4.78, 5) is 35.7. The maximum absolute atomic E-state index is 13.5. The van der Waals surface area contributed by atoms with Crippen LogP contribution in [0.1, 0.15) is 36.3 Å². The molecule has 0 aliphatic heterocycles. The standard InChI is InChI=1S/C26H26F2N2O5/c27-26(28)21(22(26)24(32)33)12-29-23(31)14-9-10-15(11-14)30-25(34)35-13-20-18-7-3-1-5-16(18)17-6-2-4-8-19(17)20/h1-8,14-15,20-22H,9-13H2,(H,29,31)(H,30,34)(H,32,33)/t14-,15+,21?,22?/m1/s1. The van der Waals surface area contributed by atoms with Crippen LogP contribution in [0.2, 0.25) is 0 Å². The van der Waals surface area contributed by atoms with Gasteiger partial charge in [0.2, 0.25) is 5.91 Å². The minimum absolute atomic E-state index is 0.0505. The van der Waals surface area contributed by atoms with Crippen molar-refractivity contribution in [1.82, 2.24) is 10.6 Å². The van der Waals surface area contributed by atoms with Gasteiger partial charge in [0.25, 0.3) is 5.92 Å². The summed E-state index contributed by atoms with van der Waals surface area (Å²) in [5.74, 6) is -8.83. The molecule has 2 aromatic carbocycles. The van der Waals surface area contributed by atoms with E-state index in [2.05, 4.69) is 22.8 Å². The van der Waals surface area contributed by atoms with E-state index >= 15 is 0 Å². The first-order valence-corrected chi connectivity index (χ1v) is 11.8. The molecule has 2 aromatic rings. The number of hydrogen-bond acceptors (Lipinski definition) is 4. The van der Waals surface area contributed by atoms with Gasteiger partial charge in [0.05, 0.1) is 5.92 Å². The number of hydrogen-bond donors (Lipinski definition) is 3. The molecule has 5 rings (SSSR count). The van der Waals surface area contributed by atoms with Crippen molar-refractivity contribution >= 4 is 18.0 Å². The first-order valence-electron chi connectivity index (χ1n) is 11.8. The SMILES string of the molecule is O=C(N[C@H]1CC[C@@H](C(=O)NCC2C(C(=O)O)C2(F)F)C1)OCC1c2ccccc2-c2ccccc21. The summed E-state index contributed by atoms with van der Waals surface area (Å²) in [6.45, 7) is -0.180. The number of amides is 2. The molecule has 2 fully saturated rings. The zero-order valence-electron chi connectivity index (χ0n) is 18.9. The smallest absolute Gasteiger partial charge is 0.407 e. The van der Waals surface area contributed by atoms with Gasteiger partial charge in [-0.15, -0.1) is 0 Å². The van der Waals surface area contributed by atoms with E-state index in [9.17, 15) is 23.2 Å². The second-order valence-electron chi connectivity index (χ2n) is 9.52. The average Bonchev–Trinajstić information content (AvgIpc) is 3.13. The van der Waals surface area contributed by atoms with Crippen molar-refractivity contribution in [2.45, 2.75) is 37.1 Å². The summed E-state index contributed by atoms with van der Waals surface area (Å²) < 4.78 is 32.6. The molecule has 9 heteroatoms. The summed E-state index contributed by atoms with van der Waals surface area (Å²) >= 11 is 0. The van der Waals surface area contributed by atoms with E-state index in [0.717, 1.165) is 22.3 Å². The van der Waals surface area contributed by atoms with Gasteiger partial charge in [0, 0.05) is 24.4 Å². The zero-order chi connectivity index (χ0) is 24.7. The van der Waals surface area contributed by atoms with Gasteiger partial charge >= 0.3 is 12.1 Å². The van der Waals surface area contributed by atoms with Crippen LogP contribution >= 0.6 is 0 Å². The number of benzene rings is 2. The molecule has 3 aliphatic carbocycles. The van der Waals surface area contributed by atoms with Gasteiger partial charge in [-0.1, -0.05) is 48.5 Å². The third-order valence-electron chi connectivity index (χ3n) is 7.43. The molecule has 7 nitrogen and oxygen atoms in total. The number of aliphatic carboxylic acids is 1. The lowest BCUT2D eigenvalue weighted by atomic mass is 9.98. The number of alkyl halides is 2. The van der Waals surface area contributed by atoms with Crippen LogP contribution < -0.4 is 10.6 Å². The van der Waals surface area contributed by atoms with Crippen LogP contribution in [0.15, 0.2) is 48.5 Å². The van der Waals surface area contributed by atoms with Gasteiger partial charge in [-0.05, 0) is 41.5 Å². The van der Waals surface area contributed by atoms with Crippen molar-refractivity contribution in [2.75, 3.05) is 13.2 Å². The maximum atomic E-state index is 13.5. The van der Waals surface area contributed by atoms with Crippen LogP contribution in [0.25, 0.3) is 11.1 Å². The summed E-state index contributed by atoms with van der Waals surface area (Å²) in [5.41, 5.74) is 4.51. The van der Waals surface area contributed by atoms with Crippen molar-refractivity contribution in [1.29, 1.82) is 0 Å². The quantitative estimate of drug-likeness (QED) is 0.555. The Labute approximate surface area is 200 Å². The Morgan fingerprint density at radius 1 is 1.00 bits per heavy atom. The van der Waals surface area contributed by atoms with E-state index in [1.165, 1.54) is 0 Å². The third kappa shape index (κ3) is 4.35. The number of halogens is 2. The number of fused-ring (bicyclic) bond motifs is 3. The Morgan fingerprint density at radius 3 is 2.23 bits per heavy atom. The Kier molecular flexibility index (Phi) is 5.94. The highest BCUT2D eigenvalue weighted by molar-refractivity contribution is 5.81. The normalized spacial score (nSPS) is 25.9. The molecule has 3 N–H and O–H groups in total. The Bertz CT molecular complexity index is 1120. The molecular weight excluding hydrogens is 458 g/mol. The molecule has 0 aromatic heterocycles. The van der Waals surface area contributed by atoms with Gasteiger partial charge in [0.1, 0.15) is 12.5 Å². The van der Waals surface area contributed by atoms with Crippen molar-refractivity contribution in [3.05, 3.63) is 59.7 Å². The van der Waals surface area contributed by atoms with E-state index < -0.39 is 41.6 Å². The number of nitrogens with one attached hydrogen (secondary N) is 2. The Balaban J connectivity index is 1.09. The molecule has 2 saturated carbocycles. The van der Waals surface area contributed by atoms with Gasteiger partial charge in [-0.25, -0.2) is 13.6 Å². The second-order valence-corrected chi connectivity index (χ2v) is 9.52. The van der Waals surface area contributed by atoms with E-state index in [-0.39, 0.29) is 25.1 Å². The first kappa shape index (κ1) is 23.3. The third-order valence-corrected chi connectivity index (χ3v) is 7.43. The minimum Gasteiger partial charge on any atom is -0.481 e. The Hall–Kier alpha value is -3.49. The molecular formula is C26H26F2N2O5. The van der Waals surface area contributed by atoms with Crippen LogP contribution in [-0.4, -0.2) is 48.2 Å². The van der Waals surface area contributed by atoms with E-state index in [1.54, 1.807) is 0 Å². The lowest BCUT2D eigenvalue weighted by molar-refractivity contribution is -0.141. The molecule has 184 valence electrons. The predicted molar refractivity (Wildman–Crippen MR) is 122 cm³/mol. The minimum atomic E-state index is -3.29. The molecule has 0 heterocycles. The van der Waals surface area contributed by atoms with Crippen LogP contribution in [0.4, 0.5) is 13.6 Å². The largest absolute Gasteiger partial charge is 0.481 e. The van der Waals surface area contributed by atoms with Crippen molar-refractivity contribution in [3.8, 4) is 11.1 Å². The monoisotopic (exact) mass is 484 g/mol. The van der Waals surface area contributed by atoms with E-state index in [0.29, 0.717) is 19.3 Å². The zero-order valence-corrected chi connectivity index (χ0v) is 18.9. The second kappa shape index (κ2) is 8.94. The molecule has 2 unspecified atom stereocenters. The topological polar surface area (TPSA) is 105 Å². The fraction of sp³-hybridized carbons (Fsp3) is 0.423. The fourth-order valence-electron chi connectivity index (χ4n) is 5.49. The molecule has 2 amide bonds. The van der Waals surface area contributed by atoms with Crippen molar-refractivity contribution < 1.29 is 33.0 Å². The fourth-order valence-corrected chi connectivity index (χ4v) is 5.49. The molecule has 3 aliphatic rings. The molecule has 4 atom stereocenters. The number of carboxylic acid groups (broad SMARTS) is 1. The molecule has 35 heavy (non-hydrogen) atoms. The number of carboxylic acids is 1. The van der Waals surface area contributed by atoms with Gasteiger partial charge < -0.3 is 20.5 Å². The van der Waals surface area contributed by atoms with Crippen LogP contribution in [0, 0.1) is 17.8 Å². The lowest BCUT2D eigenvalue weighted by Crippen LogP contribution is -2.36. The Morgan fingerprint density at radius 2 is 1.63 bits per heavy atom. The molecule has 0 saturated heterocycles. The summed E-state index contributed by atoms with van der Waals surface area (Å²) in [6, 6.07) is 15.8. The van der Waals surface area contributed by atoms with Crippen molar-refractivity contribution in [2.24, 2.45) is 17.8 Å². The van der Waals surface area contributed by atoms with Crippen LogP contribution in [0.3, 0.4) is 0 Å². The molecule has 0 spiro atoms. The average molecular weight is 484 g/mol. The first-order chi connectivity index (χ1) is 16.8. The highest BCUT2D eigenvalue weighted by Gasteiger charge is 2.72. The maximum Gasteiger partial charge on any atom is 0.407 e. The number of alkyl carbamates (subject to hydrolysis) is 1. The van der Waals surface area contributed by atoms with Crippen LogP contribution in [0.5, 0.6) is 0 Å². The lowest BCUT2D eigenvalue weighted by Gasteiger charge is -2.17. The van der Waals surface area contributed by atoms with E-state index in [1.807, 2.05) is 36.4 Å². The van der Waals surface area contributed by atoms with Gasteiger partial charge in [0.15, 0.2) is 0 Å². The summed E-state index contributed by atoms with van der Waals surface area (Å²) in [6.07, 6.45) is 0.891. The number of ether oxygens (including phenoxy) is 1. The van der Waals surface area contributed by atoms with Gasteiger partial charge in [-0.2, -0.15) is 0 Å². The van der Waals surface area contributed by atoms with Crippen LogP contribution in [-0.2, 0) is 14.3 Å². The molecule has 0 radical (unpaired) electrons. The summed E-state index contributed by atoms with van der Waals surface area (Å²) in [5, 5.41) is 14.1. The highest BCUT2D eigenvalue weighted by Crippen LogP contribution is 2.55. The summed E-state index contributed by atoms with van der Waals surface area (Å²) in [7, 11) is 0. The number of carbonyl (C=O) groups excluding carboxylic acids is 2. The number of rotatable bonds is 7. The van der Waals surface area contributed by atoms with Gasteiger partial charge in [-0.3, -0.25) is 9.59 Å². The molecule has 0 bridgehead atoms. The van der Waals surface area contributed by atoms with Crippen molar-refractivity contribution in [3.63, 3.8) is 0 Å².